The van der Waals surface area contributed by atoms with E-state index in [-0.39, 0.29) is 18.1 Å². The first-order chi connectivity index (χ1) is 16.8. The van der Waals surface area contributed by atoms with Crippen molar-refractivity contribution < 1.29 is 13.9 Å². The van der Waals surface area contributed by atoms with Gasteiger partial charge in [0.2, 0.25) is 5.95 Å². The Kier molecular flexibility index (Phi) is 5.06. The second kappa shape index (κ2) is 8.04. The van der Waals surface area contributed by atoms with Crippen LogP contribution in [-0.4, -0.2) is 68.0 Å². The molecule has 0 unspecified atom stereocenters. The lowest BCUT2D eigenvalue weighted by molar-refractivity contribution is 0.0718. The van der Waals surface area contributed by atoms with E-state index in [9.17, 15) is 9.18 Å². The van der Waals surface area contributed by atoms with Gasteiger partial charge < -0.3 is 14.5 Å². The van der Waals surface area contributed by atoms with Gasteiger partial charge in [-0.3, -0.25) is 9.47 Å². The molecular weight excluding hydrogens is 475 g/mol. The van der Waals surface area contributed by atoms with Crippen molar-refractivity contribution in [3.8, 4) is 5.69 Å². The predicted octanol–water partition coefficient (Wildman–Crippen LogP) is 3.04. The number of amides is 1. The number of nitrogens with zero attached hydrogens (tertiary/aromatic N) is 8. The molecule has 3 aromatic rings. The smallest absolute Gasteiger partial charge is 0.410 e. The number of hydrogen-bond donors (Lipinski definition) is 0. The third kappa shape index (κ3) is 3.74. The Morgan fingerprint density at radius 2 is 1.91 bits per heavy atom. The van der Waals surface area contributed by atoms with Crippen LogP contribution in [0.5, 0.6) is 0 Å². The molecule has 0 radical (unpaired) electrons. The maximum atomic E-state index is 14.0. The number of fused-ring (bicyclic) bond motifs is 3. The summed E-state index contributed by atoms with van der Waals surface area (Å²) in [4.78, 5) is 26.3. The molecule has 10 nitrogen and oxygen atoms in total. The molecule has 5 heterocycles. The fourth-order valence-electron chi connectivity index (χ4n) is 5.15. The van der Waals surface area contributed by atoms with Crippen LogP contribution in [-0.2, 0) is 17.8 Å². The molecule has 2 saturated heterocycles. The van der Waals surface area contributed by atoms with Crippen molar-refractivity contribution >= 4 is 29.5 Å². The topological polar surface area (TPSA) is 92.5 Å². The zero-order valence-corrected chi connectivity index (χ0v) is 20.1. The van der Waals surface area contributed by atoms with Gasteiger partial charge in [-0.15, -0.1) is 10.2 Å². The molecule has 0 aliphatic carbocycles. The Labute approximate surface area is 206 Å². The van der Waals surface area contributed by atoms with Gasteiger partial charge >= 0.3 is 6.09 Å². The Morgan fingerprint density at radius 3 is 2.66 bits per heavy atom. The van der Waals surface area contributed by atoms with Crippen LogP contribution >= 0.6 is 11.6 Å². The van der Waals surface area contributed by atoms with Crippen molar-refractivity contribution in [2.75, 3.05) is 36.0 Å². The van der Waals surface area contributed by atoms with E-state index in [1.807, 2.05) is 41.5 Å². The fraction of sp³-hybridized carbons (Fsp3) is 0.435. The fourth-order valence-corrected chi connectivity index (χ4v) is 5.35. The summed E-state index contributed by atoms with van der Waals surface area (Å²) in [6.45, 7) is 7.26. The van der Waals surface area contributed by atoms with Crippen molar-refractivity contribution in [2.45, 2.75) is 33.0 Å². The lowest BCUT2D eigenvalue weighted by atomic mass is 9.73. The number of hydrogen-bond acceptors (Lipinski definition) is 8. The van der Waals surface area contributed by atoms with Crippen LogP contribution in [0.1, 0.15) is 25.2 Å². The first-order valence-electron chi connectivity index (χ1n) is 11.5. The molecule has 0 N–H and O–H groups in total. The van der Waals surface area contributed by atoms with Crippen LogP contribution in [0.3, 0.4) is 0 Å². The van der Waals surface area contributed by atoms with Crippen molar-refractivity contribution in [1.82, 2.24) is 29.6 Å². The van der Waals surface area contributed by atoms with Gasteiger partial charge in [0.05, 0.1) is 31.1 Å². The van der Waals surface area contributed by atoms with Gasteiger partial charge in [-0.25, -0.2) is 19.2 Å². The molecule has 0 bridgehead atoms. The average Bonchev–Trinajstić information content (AvgIpc) is 3.07. The Hall–Kier alpha value is -3.47. The third-order valence-corrected chi connectivity index (χ3v) is 6.85. The maximum Gasteiger partial charge on any atom is 0.410 e. The monoisotopic (exact) mass is 498 g/mol. The van der Waals surface area contributed by atoms with Crippen LogP contribution in [0.2, 0.25) is 5.02 Å². The Bertz CT molecular complexity index is 1300. The average molecular weight is 499 g/mol. The van der Waals surface area contributed by atoms with E-state index >= 15 is 0 Å². The third-order valence-electron chi connectivity index (χ3n) is 6.62. The Balaban J connectivity index is 1.25. The molecule has 1 amide bonds. The predicted molar refractivity (Wildman–Crippen MR) is 126 cm³/mol. The number of halogens is 2. The summed E-state index contributed by atoms with van der Waals surface area (Å²) in [5, 5.41) is 9.51. The highest BCUT2D eigenvalue weighted by Crippen LogP contribution is 2.44. The maximum absolute atomic E-state index is 14.0. The SMILES string of the molecule is CC(C)OC(=O)N1Cc2cc(Cl)ccc2-n2c(nnc2N2CC3(CN(c4ncncc4F)C3)C2)C1. The molecule has 3 aliphatic rings. The lowest BCUT2D eigenvalue weighted by Gasteiger charge is -2.60. The molecule has 2 aromatic heterocycles. The van der Waals surface area contributed by atoms with Crippen LogP contribution in [0.15, 0.2) is 30.7 Å². The molecule has 1 spiro atoms. The summed E-state index contributed by atoms with van der Waals surface area (Å²) in [6, 6.07) is 5.63. The molecule has 0 saturated carbocycles. The van der Waals surface area contributed by atoms with Crippen LogP contribution in [0.4, 0.5) is 21.0 Å². The highest BCUT2D eigenvalue weighted by atomic mass is 35.5. The summed E-state index contributed by atoms with van der Waals surface area (Å²) in [5.74, 6) is 1.32. The number of ether oxygens (including phenoxy) is 1. The minimum atomic E-state index is -0.405. The van der Waals surface area contributed by atoms with Gasteiger partial charge in [0.25, 0.3) is 0 Å². The number of carbonyl (C=O) groups excluding carboxylic acids is 1. The van der Waals surface area contributed by atoms with E-state index in [1.165, 1.54) is 12.5 Å². The van der Waals surface area contributed by atoms with E-state index < -0.39 is 11.9 Å². The first kappa shape index (κ1) is 22.0. The zero-order valence-electron chi connectivity index (χ0n) is 19.4. The number of anilines is 2. The van der Waals surface area contributed by atoms with Crippen LogP contribution in [0, 0.1) is 11.2 Å². The molecule has 1 aromatic carbocycles. The summed E-state index contributed by atoms with van der Waals surface area (Å²) in [7, 11) is 0. The van der Waals surface area contributed by atoms with Crippen molar-refractivity contribution in [2.24, 2.45) is 5.41 Å². The summed E-state index contributed by atoms with van der Waals surface area (Å²) in [6.07, 6.45) is 1.92. The minimum Gasteiger partial charge on any atom is -0.447 e. The van der Waals surface area contributed by atoms with Gasteiger partial charge in [0.15, 0.2) is 17.5 Å². The molecule has 6 rings (SSSR count). The van der Waals surface area contributed by atoms with Crippen LogP contribution in [0.25, 0.3) is 5.69 Å². The minimum absolute atomic E-state index is 0.0600. The van der Waals surface area contributed by atoms with Gasteiger partial charge in [-0.2, -0.15) is 0 Å². The van der Waals surface area contributed by atoms with Crippen molar-refractivity contribution in [3.63, 3.8) is 0 Å². The number of benzene rings is 1. The molecule has 35 heavy (non-hydrogen) atoms. The van der Waals surface area contributed by atoms with Gasteiger partial charge in [-0.05, 0) is 37.6 Å². The van der Waals surface area contributed by atoms with E-state index in [0.29, 0.717) is 23.2 Å². The molecule has 182 valence electrons. The quantitative estimate of drug-likeness (QED) is 0.544. The highest BCUT2D eigenvalue weighted by Gasteiger charge is 2.54. The van der Waals surface area contributed by atoms with Gasteiger partial charge in [0, 0.05) is 36.6 Å². The lowest BCUT2D eigenvalue weighted by Crippen LogP contribution is -2.73. The normalized spacial score (nSPS) is 18.0. The first-order valence-corrected chi connectivity index (χ1v) is 11.8. The van der Waals surface area contributed by atoms with Crippen LogP contribution < -0.4 is 9.80 Å². The summed E-state index contributed by atoms with van der Waals surface area (Å²) < 4.78 is 21.5. The number of aromatic nitrogens is 5. The molecular formula is C23H24ClFN8O2. The summed E-state index contributed by atoms with van der Waals surface area (Å²) >= 11 is 6.30. The van der Waals surface area contributed by atoms with Gasteiger partial charge in [0.1, 0.15) is 6.33 Å². The van der Waals surface area contributed by atoms with E-state index in [2.05, 4.69) is 25.1 Å². The van der Waals surface area contributed by atoms with E-state index in [1.54, 1.807) is 4.90 Å². The second-order valence-corrected chi connectivity index (χ2v) is 10.2. The van der Waals surface area contributed by atoms with Gasteiger partial charge in [-0.1, -0.05) is 11.6 Å². The molecule has 12 heteroatoms. The number of carbonyl (C=O) groups is 1. The van der Waals surface area contributed by atoms with E-state index in [0.717, 1.165) is 43.4 Å². The molecule has 0 atom stereocenters. The van der Waals surface area contributed by atoms with E-state index in [4.69, 9.17) is 16.3 Å². The summed E-state index contributed by atoms with van der Waals surface area (Å²) in [5.41, 5.74) is 1.84. The van der Waals surface area contributed by atoms with Crippen molar-refractivity contribution in [1.29, 1.82) is 0 Å². The number of rotatable bonds is 3. The largest absolute Gasteiger partial charge is 0.447 e. The molecule has 3 aliphatic heterocycles. The zero-order chi connectivity index (χ0) is 24.3. The Morgan fingerprint density at radius 1 is 1.14 bits per heavy atom. The molecule has 2 fully saturated rings. The van der Waals surface area contributed by atoms with Crippen molar-refractivity contribution in [3.05, 3.63) is 53.0 Å². The highest BCUT2D eigenvalue weighted by molar-refractivity contribution is 6.30. The standard InChI is InChI=1S/C23H24ClFN8O2/c1-14(2)35-22(34)30-7-15-5-16(24)3-4-18(15)33-19(8-30)28-29-21(33)32-11-23(12-32)9-31(10-23)20-17(25)6-26-13-27-20/h3-6,13-14H,7-12H2,1-2H3. The second-order valence-electron chi connectivity index (χ2n) is 9.72.